The number of ketones is 1. The maximum atomic E-state index is 12.2. The molecule has 4 nitrogen and oxygen atoms in total. The summed E-state index contributed by atoms with van der Waals surface area (Å²) in [5.74, 6) is 1.19. The second-order valence-electron chi connectivity index (χ2n) is 5.84. The summed E-state index contributed by atoms with van der Waals surface area (Å²) in [5.41, 5.74) is 0.263. The summed E-state index contributed by atoms with van der Waals surface area (Å²) in [6, 6.07) is 7.37. The highest BCUT2D eigenvalue weighted by molar-refractivity contribution is 6.00. The van der Waals surface area contributed by atoms with Gasteiger partial charge in [0.15, 0.2) is 5.76 Å². The predicted octanol–water partition coefficient (Wildman–Crippen LogP) is 3.26. The van der Waals surface area contributed by atoms with Gasteiger partial charge >= 0.3 is 0 Å². The maximum Gasteiger partial charge on any atom is 0.203 e. The average molecular weight is 275 g/mol. The Morgan fingerprint density at radius 3 is 2.70 bits per heavy atom. The van der Waals surface area contributed by atoms with Crippen LogP contribution in [-0.4, -0.2) is 26.0 Å². The molecule has 0 aliphatic rings. The van der Waals surface area contributed by atoms with Crippen LogP contribution in [0.25, 0.3) is 11.0 Å². The van der Waals surface area contributed by atoms with Gasteiger partial charge in [-0.3, -0.25) is 4.79 Å². The fourth-order valence-corrected chi connectivity index (χ4v) is 1.86. The first kappa shape index (κ1) is 14.6. The van der Waals surface area contributed by atoms with Crippen molar-refractivity contribution in [1.29, 1.82) is 0 Å². The summed E-state index contributed by atoms with van der Waals surface area (Å²) >= 11 is 0. The van der Waals surface area contributed by atoms with Crippen molar-refractivity contribution in [2.75, 3.05) is 20.2 Å². The fraction of sp³-hybridized carbons (Fsp3) is 0.438. The molecule has 2 aromatic rings. The van der Waals surface area contributed by atoms with Gasteiger partial charge in [-0.15, -0.1) is 0 Å². The van der Waals surface area contributed by atoms with Crippen LogP contribution < -0.4 is 10.1 Å². The maximum absolute atomic E-state index is 12.2. The van der Waals surface area contributed by atoms with Crippen molar-refractivity contribution in [3.63, 3.8) is 0 Å². The third-order valence-corrected chi connectivity index (χ3v) is 3.01. The molecule has 0 saturated carbocycles. The van der Waals surface area contributed by atoms with Crippen LogP contribution in [0.4, 0.5) is 0 Å². The molecular formula is C16H21NO3. The molecule has 0 spiro atoms. The van der Waals surface area contributed by atoms with Gasteiger partial charge in [-0.1, -0.05) is 20.8 Å². The van der Waals surface area contributed by atoms with E-state index in [1.165, 1.54) is 0 Å². The molecule has 1 aromatic carbocycles. The highest BCUT2D eigenvalue weighted by Gasteiger charge is 2.26. The number of fused-ring (bicyclic) bond motifs is 1. The van der Waals surface area contributed by atoms with E-state index in [0.717, 1.165) is 17.7 Å². The molecule has 0 radical (unpaired) electrons. The first-order chi connectivity index (χ1) is 9.41. The first-order valence-electron chi connectivity index (χ1n) is 6.77. The number of ether oxygens (including phenoxy) is 1. The first-order valence-corrected chi connectivity index (χ1v) is 6.77. The number of rotatable bonds is 5. The van der Waals surface area contributed by atoms with Gasteiger partial charge in [-0.05, 0) is 31.3 Å². The molecule has 1 N–H and O–H groups in total. The van der Waals surface area contributed by atoms with Crippen molar-refractivity contribution >= 4 is 16.8 Å². The van der Waals surface area contributed by atoms with Crippen LogP contribution in [0.3, 0.4) is 0 Å². The van der Waals surface area contributed by atoms with Crippen LogP contribution in [0.2, 0.25) is 0 Å². The second-order valence-corrected chi connectivity index (χ2v) is 5.84. The molecule has 0 bridgehead atoms. The average Bonchev–Trinajstić information content (AvgIpc) is 2.80. The summed E-state index contributed by atoms with van der Waals surface area (Å²) in [6.45, 7) is 7.04. The number of carbonyl (C=O) groups excluding carboxylic acids is 1. The number of furan rings is 1. The smallest absolute Gasteiger partial charge is 0.203 e. The molecular weight excluding hydrogens is 254 g/mol. The van der Waals surface area contributed by atoms with Crippen LogP contribution in [-0.2, 0) is 0 Å². The van der Waals surface area contributed by atoms with Gasteiger partial charge in [-0.2, -0.15) is 0 Å². The van der Waals surface area contributed by atoms with Crippen LogP contribution in [0, 0.1) is 5.41 Å². The van der Waals surface area contributed by atoms with Gasteiger partial charge < -0.3 is 14.5 Å². The standard InChI is InChI=1S/C16H21NO3/c1-16(2,3)15(18)14-10-11-9-12(19-8-7-17-4)5-6-13(11)20-14/h5-6,9-10,17H,7-8H2,1-4H3. The predicted molar refractivity (Wildman–Crippen MR) is 79.4 cm³/mol. The van der Waals surface area contributed by atoms with Crippen LogP contribution in [0.15, 0.2) is 28.7 Å². The Morgan fingerprint density at radius 2 is 2.05 bits per heavy atom. The molecule has 1 heterocycles. The van der Waals surface area contributed by atoms with Crippen LogP contribution in [0.5, 0.6) is 5.75 Å². The summed E-state index contributed by atoms with van der Waals surface area (Å²) in [7, 11) is 1.88. The number of hydrogen-bond donors (Lipinski definition) is 1. The topological polar surface area (TPSA) is 51.5 Å². The number of Topliss-reactive ketones (excluding diaryl/α,β-unsaturated/α-hetero) is 1. The minimum atomic E-state index is -0.444. The monoisotopic (exact) mass is 275 g/mol. The highest BCUT2D eigenvalue weighted by Crippen LogP contribution is 2.28. The molecule has 0 unspecified atom stereocenters. The van der Waals surface area contributed by atoms with E-state index in [-0.39, 0.29) is 5.78 Å². The molecule has 0 amide bonds. The minimum absolute atomic E-state index is 0.00588. The molecule has 0 aliphatic carbocycles. The Kier molecular flexibility index (Phi) is 4.14. The number of likely N-dealkylation sites (N-methyl/N-ethyl adjacent to an activating group) is 1. The minimum Gasteiger partial charge on any atom is -0.492 e. The SMILES string of the molecule is CNCCOc1ccc2oc(C(=O)C(C)(C)C)cc2c1. The lowest BCUT2D eigenvalue weighted by Crippen LogP contribution is -2.19. The zero-order valence-electron chi connectivity index (χ0n) is 12.4. The third kappa shape index (κ3) is 3.20. The van der Waals surface area contributed by atoms with Gasteiger partial charge in [0.05, 0.1) is 0 Å². The van der Waals surface area contributed by atoms with Crippen molar-refractivity contribution in [3.8, 4) is 5.75 Å². The lowest BCUT2D eigenvalue weighted by molar-refractivity contribution is 0.0831. The summed E-state index contributed by atoms with van der Waals surface area (Å²) in [6.07, 6.45) is 0. The van der Waals surface area contributed by atoms with Crippen LogP contribution >= 0.6 is 0 Å². The molecule has 0 atom stereocenters. The Morgan fingerprint density at radius 1 is 1.30 bits per heavy atom. The van der Waals surface area contributed by atoms with Gasteiger partial charge in [0.2, 0.25) is 5.78 Å². The van der Waals surface area contributed by atoms with E-state index in [1.54, 1.807) is 6.07 Å². The Labute approximate surface area is 119 Å². The molecule has 2 rings (SSSR count). The number of hydrogen-bond acceptors (Lipinski definition) is 4. The van der Waals surface area contributed by atoms with Crippen molar-refractivity contribution in [3.05, 3.63) is 30.0 Å². The molecule has 20 heavy (non-hydrogen) atoms. The van der Waals surface area contributed by atoms with Crippen LogP contribution in [0.1, 0.15) is 31.3 Å². The van der Waals surface area contributed by atoms with Crippen molar-refractivity contribution in [2.45, 2.75) is 20.8 Å². The van der Waals surface area contributed by atoms with Gasteiger partial charge in [0.25, 0.3) is 0 Å². The molecule has 0 fully saturated rings. The third-order valence-electron chi connectivity index (χ3n) is 3.01. The summed E-state index contributed by atoms with van der Waals surface area (Å²) in [5, 5.41) is 3.91. The lowest BCUT2D eigenvalue weighted by Gasteiger charge is -2.13. The Hall–Kier alpha value is -1.81. The Bertz CT molecular complexity index is 608. The molecule has 4 heteroatoms. The fourth-order valence-electron chi connectivity index (χ4n) is 1.86. The zero-order chi connectivity index (χ0) is 14.8. The van der Waals surface area contributed by atoms with E-state index in [1.807, 2.05) is 46.0 Å². The van der Waals surface area contributed by atoms with Gasteiger partial charge in [0, 0.05) is 17.3 Å². The molecule has 0 aliphatic heterocycles. The molecule has 0 saturated heterocycles. The summed E-state index contributed by atoms with van der Waals surface area (Å²) in [4.78, 5) is 12.2. The van der Waals surface area contributed by atoms with Gasteiger partial charge in [-0.25, -0.2) is 0 Å². The van der Waals surface area contributed by atoms with E-state index in [9.17, 15) is 4.79 Å². The van der Waals surface area contributed by atoms with E-state index in [4.69, 9.17) is 9.15 Å². The van der Waals surface area contributed by atoms with Crippen molar-refractivity contribution < 1.29 is 13.9 Å². The Balaban J connectivity index is 2.24. The largest absolute Gasteiger partial charge is 0.492 e. The quantitative estimate of drug-likeness (QED) is 0.672. The summed E-state index contributed by atoms with van der Waals surface area (Å²) < 4.78 is 11.2. The second kappa shape index (κ2) is 5.67. The van der Waals surface area contributed by atoms with Crippen molar-refractivity contribution in [2.24, 2.45) is 5.41 Å². The van der Waals surface area contributed by atoms with Crippen molar-refractivity contribution in [1.82, 2.24) is 5.32 Å². The normalized spacial score (nSPS) is 11.8. The number of carbonyl (C=O) groups is 1. The van der Waals surface area contributed by atoms with E-state index in [2.05, 4.69) is 5.32 Å². The highest BCUT2D eigenvalue weighted by atomic mass is 16.5. The van der Waals surface area contributed by atoms with E-state index < -0.39 is 5.41 Å². The lowest BCUT2D eigenvalue weighted by atomic mass is 9.89. The van der Waals surface area contributed by atoms with E-state index >= 15 is 0 Å². The van der Waals surface area contributed by atoms with Gasteiger partial charge in [0.1, 0.15) is 17.9 Å². The number of nitrogens with one attached hydrogen (secondary N) is 1. The number of benzene rings is 1. The zero-order valence-corrected chi connectivity index (χ0v) is 12.4. The molecule has 108 valence electrons. The van der Waals surface area contributed by atoms with E-state index in [0.29, 0.717) is 18.0 Å². The molecule has 1 aromatic heterocycles.